The fraction of sp³-hybridized carbons (Fsp3) is 0.143. The van der Waals surface area contributed by atoms with Crippen LogP contribution in [0.5, 0.6) is 0 Å². The molecule has 0 unspecified atom stereocenters. The molecule has 0 radical (unpaired) electrons. The summed E-state index contributed by atoms with van der Waals surface area (Å²) in [4.78, 5) is 35.0. The molecular weight excluding hydrogens is 372 g/mol. The van der Waals surface area contributed by atoms with Crippen LogP contribution < -0.4 is 5.32 Å². The van der Waals surface area contributed by atoms with Gasteiger partial charge in [0.25, 0.3) is 0 Å². The van der Waals surface area contributed by atoms with Crippen molar-refractivity contribution in [2.45, 2.75) is 19.4 Å². The van der Waals surface area contributed by atoms with Gasteiger partial charge in [0, 0.05) is 24.7 Å². The first-order valence-corrected chi connectivity index (χ1v) is 9.72. The molecule has 1 aliphatic heterocycles. The fourth-order valence-corrected chi connectivity index (χ4v) is 3.94. The lowest BCUT2D eigenvalue weighted by Crippen LogP contribution is -2.33. The lowest BCUT2D eigenvalue weighted by atomic mass is 9.93. The number of fused-ring (bicyclic) bond motifs is 1. The molecule has 2 amide bonds. The van der Waals surface area contributed by atoms with Crippen LogP contribution in [0.1, 0.15) is 30.5 Å². The second-order valence-electron chi connectivity index (χ2n) is 6.39. The third kappa shape index (κ3) is 3.70. The zero-order valence-electron chi connectivity index (χ0n) is 15.2. The van der Waals surface area contributed by atoms with Gasteiger partial charge in [-0.3, -0.25) is 14.6 Å². The van der Waals surface area contributed by atoms with E-state index in [-0.39, 0.29) is 24.3 Å². The Bertz CT molecular complexity index is 1050. The van der Waals surface area contributed by atoms with Crippen LogP contribution in [0.15, 0.2) is 60.2 Å². The van der Waals surface area contributed by atoms with Gasteiger partial charge in [0.1, 0.15) is 5.69 Å². The summed E-state index contributed by atoms with van der Waals surface area (Å²) in [5, 5.41) is 5.22. The van der Waals surface area contributed by atoms with Crippen LogP contribution >= 0.6 is 11.3 Å². The minimum Gasteiger partial charge on any atom is -0.311 e. The minimum absolute atomic E-state index is 0.102. The van der Waals surface area contributed by atoms with Gasteiger partial charge in [0.2, 0.25) is 11.8 Å². The zero-order chi connectivity index (χ0) is 19.5. The maximum absolute atomic E-state index is 12.7. The summed E-state index contributed by atoms with van der Waals surface area (Å²) in [6.45, 7) is 1.50. The maximum Gasteiger partial charge on any atom is 0.228 e. The second-order valence-corrected chi connectivity index (χ2v) is 7.25. The minimum atomic E-state index is -0.339. The summed E-state index contributed by atoms with van der Waals surface area (Å²) in [6, 6.07) is 13.1. The van der Waals surface area contributed by atoms with E-state index in [0.29, 0.717) is 5.13 Å². The van der Waals surface area contributed by atoms with E-state index in [2.05, 4.69) is 15.3 Å². The number of rotatable bonds is 4. The van der Waals surface area contributed by atoms with Gasteiger partial charge < -0.3 is 10.2 Å². The van der Waals surface area contributed by atoms with E-state index in [9.17, 15) is 9.59 Å². The van der Waals surface area contributed by atoms with E-state index in [1.165, 1.54) is 18.3 Å². The van der Waals surface area contributed by atoms with Crippen molar-refractivity contribution in [2.75, 3.05) is 5.32 Å². The number of carbonyl (C=O) groups is 2. The van der Waals surface area contributed by atoms with E-state index in [0.717, 1.165) is 22.5 Å². The predicted molar refractivity (Wildman–Crippen MR) is 109 cm³/mol. The highest BCUT2D eigenvalue weighted by Crippen LogP contribution is 2.33. The summed E-state index contributed by atoms with van der Waals surface area (Å²) in [7, 11) is 0. The molecule has 0 spiro atoms. The molecule has 7 heteroatoms. The number of amides is 2. The molecule has 4 rings (SSSR count). The molecule has 1 aromatic carbocycles. The van der Waals surface area contributed by atoms with Gasteiger partial charge in [-0.1, -0.05) is 30.3 Å². The summed E-state index contributed by atoms with van der Waals surface area (Å²) >= 11 is 1.35. The summed E-state index contributed by atoms with van der Waals surface area (Å²) in [5.74, 6) is -0.293. The van der Waals surface area contributed by atoms with Crippen LogP contribution in [0.25, 0.3) is 17.5 Å². The number of hydrogen-bond acceptors (Lipinski definition) is 5. The monoisotopic (exact) mass is 390 g/mol. The smallest absolute Gasteiger partial charge is 0.228 e. The van der Waals surface area contributed by atoms with E-state index in [4.69, 9.17) is 0 Å². The van der Waals surface area contributed by atoms with Crippen LogP contribution in [-0.4, -0.2) is 26.7 Å². The van der Waals surface area contributed by atoms with Gasteiger partial charge in [0.05, 0.1) is 18.2 Å². The molecule has 3 heterocycles. The van der Waals surface area contributed by atoms with Crippen LogP contribution in [0.4, 0.5) is 5.13 Å². The lowest BCUT2D eigenvalue weighted by Gasteiger charge is -2.32. The molecule has 0 aliphatic carbocycles. The number of aromatic nitrogens is 2. The SMILES string of the molecule is CC(=O)N1C=Cc2ccccc2[C@H]1CC(=O)Nc1nc(-c2ccccn2)cs1. The largest absolute Gasteiger partial charge is 0.311 e. The van der Waals surface area contributed by atoms with Gasteiger partial charge in [0.15, 0.2) is 5.13 Å². The molecule has 0 saturated heterocycles. The molecule has 1 aliphatic rings. The molecule has 1 atom stereocenters. The topological polar surface area (TPSA) is 75.2 Å². The third-order valence-electron chi connectivity index (χ3n) is 4.53. The first-order valence-electron chi connectivity index (χ1n) is 8.84. The molecule has 28 heavy (non-hydrogen) atoms. The molecule has 1 N–H and O–H groups in total. The Hall–Kier alpha value is -3.32. The highest BCUT2D eigenvalue weighted by molar-refractivity contribution is 7.14. The molecule has 0 bridgehead atoms. The van der Waals surface area contributed by atoms with E-state index in [1.54, 1.807) is 17.3 Å². The van der Waals surface area contributed by atoms with Crippen molar-refractivity contribution in [1.82, 2.24) is 14.9 Å². The zero-order valence-corrected chi connectivity index (χ0v) is 16.0. The Labute approximate surface area is 166 Å². The van der Waals surface area contributed by atoms with Gasteiger partial charge in [-0.15, -0.1) is 11.3 Å². The average molecular weight is 390 g/mol. The number of nitrogens with zero attached hydrogens (tertiary/aromatic N) is 3. The predicted octanol–water partition coefficient (Wildman–Crippen LogP) is 4.11. The number of pyridine rings is 1. The van der Waals surface area contributed by atoms with Crippen molar-refractivity contribution in [3.8, 4) is 11.4 Å². The van der Waals surface area contributed by atoms with Crippen LogP contribution in [0.2, 0.25) is 0 Å². The Balaban J connectivity index is 1.51. The van der Waals surface area contributed by atoms with Crippen LogP contribution in [0, 0.1) is 0 Å². The first kappa shape index (κ1) is 18.1. The molecule has 3 aromatic rings. The molecule has 0 saturated carbocycles. The van der Waals surface area contributed by atoms with E-state index >= 15 is 0 Å². The van der Waals surface area contributed by atoms with Crippen LogP contribution in [0.3, 0.4) is 0 Å². The van der Waals surface area contributed by atoms with Crippen molar-refractivity contribution in [3.05, 3.63) is 71.4 Å². The summed E-state index contributed by atoms with van der Waals surface area (Å²) in [5.41, 5.74) is 3.46. The molecule has 6 nitrogen and oxygen atoms in total. The number of nitrogens with one attached hydrogen (secondary N) is 1. The van der Waals surface area contributed by atoms with Gasteiger partial charge in [-0.05, 0) is 29.3 Å². The Morgan fingerprint density at radius 2 is 1.96 bits per heavy atom. The normalized spacial score (nSPS) is 15.2. The molecule has 140 valence electrons. The summed E-state index contributed by atoms with van der Waals surface area (Å²) in [6.07, 6.45) is 5.49. The Morgan fingerprint density at radius 3 is 2.75 bits per heavy atom. The third-order valence-corrected chi connectivity index (χ3v) is 5.28. The quantitative estimate of drug-likeness (QED) is 0.727. The Morgan fingerprint density at radius 1 is 1.14 bits per heavy atom. The lowest BCUT2D eigenvalue weighted by molar-refractivity contribution is -0.129. The average Bonchev–Trinajstić information content (AvgIpc) is 3.17. The highest BCUT2D eigenvalue weighted by Gasteiger charge is 2.28. The second kappa shape index (κ2) is 7.74. The van der Waals surface area contributed by atoms with Gasteiger partial charge >= 0.3 is 0 Å². The van der Waals surface area contributed by atoms with Crippen molar-refractivity contribution >= 4 is 34.4 Å². The first-order chi connectivity index (χ1) is 13.6. The van der Waals surface area contributed by atoms with E-state index < -0.39 is 0 Å². The van der Waals surface area contributed by atoms with E-state index in [1.807, 2.05) is 53.9 Å². The molecular formula is C21H18N4O2S. The number of thiazole rings is 1. The van der Waals surface area contributed by atoms with Gasteiger partial charge in [-0.2, -0.15) is 0 Å². The number of hydrogen-bond donors (Lipinski definition) is 1. The number of anilines is 1. The maximum atomic E-state index is 12.7. The van der Waals surface area contributed by atoms with Crippen molar-refractivity contribution in [2.24, 2.45) is 0 Å². The fourth-order valence-electron chi connectivity index (χ4n) is 3.22. The van der Waals surface area contributed by atoms with Gasteiger partial charge in [-0.25, -0.2) is 4.98 Å². The van der Waals surface area contributed by atoms with Crippen molar-refractivity contribution in [3.63, 3.8) is 0 Å². The summed E-state index contributed by atoms with van der Waals surface area (Å²) < 4.78 is 0. The highest BCUT2D eigenvalue weighted by atomic mass is 32.1. The number of carbonyl (C=O) groups excluding carboxylic acids is 2. The number of benzene rings is 1. The van der Waals surface area contributed by atoms with Crippen molar-refractivity contribution in [1.29, 1.82) is 0 Å². The molecule has 2 aromatic heterocycles. The molecule has 0 fully saturated rings. The van der Waals surface area contributed by atoms with Crippen LogP contribution in [-0.2, 0) is 9.59 Å². The standard InChI is InChI=1S/C21H18N4O2S/c1-14(26)25-11-9-15-6-2-3-7-16(15)19(25)12-20(27)24-21-23-18(13-28-21)17-8-4-5-10-22-17/h2-11,13,19H,12H2,1H3,(H,23,24,27)/t19-/m1/s1. The Kier molecular flexibility index (Phi) is 4.99. The van der Waals surface area contributed by atoms with Crippen molar-refractivity contribution < 1.29 is 9.59 Å².